The van der Waals surface area contributed by atoms with E-state index < -0.39 is 11.7 Å². The Kier molecular flexibility index (Phi) is 6.14. The molecule has 0 aliphatic rings. The van der Waals surface area contributed by atoms with Crippen LogP contribution in [0.4, 0.5) is 18.0 Å². The van der Waals surface area contributed by atoms with Gasteiger partial charge in [-0.05, 0) is 43.7 Å². The first-order valence-corrected chi connectivity index (χ1v) is 9.42. The van der Waals surface area contributed by atoms with Gasteiger partial charge in [0.1, 0.15) is 0 Å². The van der Waals surface area contributed by atoms with E-state index in [4.69, 9.17) is 0 Å². The van der Waals surface area contributed by atoms with E-state index >= 15 is 0 Å². The van der Waals surface area contributed by atoms with Crippen LogP contribution in [-0.4, -0.2) is 27.8 Å². The monoisotopic (exact) mass is 416 g/mol. The normalized spacial score (nSPS) is 11.4. The topological polar surface area (TPSA) is 50.2 Å². The van der Waals surface area contributed by atoms with Crippen LogP contribution in [0.3, 0.4) is 0 Å². The molecule has 1 aromatic heterocycles. The first-order valence-electron chi connectivity index (χ1n) is 9.42. The lowest BCUT2D eigenvalue weighted by atomic mass is 10.1. The van der Waals surface area contributed by atoms with Crippen LogP contribution in [0.5, 0.6) is 0 Å². The smallest absolute Gasteiger partial charge is 0.334 e. The Hall–Kier alpha value is -3.29. The van der Waals surface area contributed by atoms with Gasteiger partial charge in [-0.3, -0.25) is 0 Å². The molecule has 0 atom stereocenters. The lowest BCUT2D eigenvalue weighted by Gasteiger charge is -2.19. The minimum Gasteiger partial charge on any atom is -0.334 e. The Morgan fingerprint density at radius 1 is 1.10 bits per heavy atom. The third-order valence-corrected chi connectivity index (χ3v) is 4.88. The highest BCUT2D eigenvalue weighted by atomic mass is 19.4. The SMILES string of the molecule is Cc1nn(-c2ccccc2)c(C)c1CN(C)C(=O)NCc1cccc(C(F)(F)F)c1. The van der Waals surface area contributed by atoms with Gasteiger partial charge in [0, 0.05) is 24.8 Å². The molecule has 0 saturated carbocycles. The number of halogens is 3. The Bertz CT molecular complexity index is 1030. The molecular weight excluding hydrogens is 393 g/mol. The minimum atomic E-state index is -4.41. The number of urea groups is 1. The molecule has 0 saturated heterocycles. The Morgan fingerprint density at radius 3 is 2.47 bits per heavy atom. The molecule has 0 aliphatic heterocycles. The van der Waals surface area contributed by atoms with E-state index in [2.05, 4.69) is 10.4 Å². The van der Waals surface area contributed by atoms with Crippen LogP contribution in [0.1, 0.15) is 28.1 Å². The maximum Gasteiger partial charge on any atom is 0.416 e. The van der Waals surface area contributed by atoms with E-state index in [1.165, 1.54) is 11.0 Å². The zero-order valence-corrected chi connectivity index (χ0v) is 17.0. The van der Waals surface area contributed by atoms with Gasteiger partial charge in [0.2, 0.25) is 0 Å². The van der Waals surface area contributed by atoms with Crippen LogP contribution in [0.15, 0.2) is 54.6 Å². The number of para-hydroxylation sites is 1. The molecule has 30 heavy (non-hydrogen) atoms. The van der Waals surface area contributed by atoms with Crippen LogP contribution < -0.4 is 5.32 Å². The molecule has 2 aromatic carbocycles. The van der Waals surface area contributed by atoms with Gasteiger partial charge < -0.3 is 10.2 Å². The van der Waals surface area contributed by atoms with Crippen LogP contribution in [0.2, 0.25) is 0 Å². The molecule has 158 valence electrons. The van der Waals surface area contributed by atoms with E-state index in [0.717, 1.165) is 34.8 Å². The second kappa shape index (κ2) is 8.61. The van der Waals surface area contributed by atoms with Crippen molar-refractivity contribution in [1.82, 2.24) is 20.0 Å². The fraction of sp³-hybridized carbons (Fsp3) is 0.273. The van der Waals surface area contributed by atoms with Crippen molar-refractivity contribution in [3.63, 3.8) is 0 Å². The number of carbonyl (C=O) groups is 1. The van der Waals surface area contributed by atoms with Gasteiger partial charge in [-0.25, -0.2) is 9.48 Å². The molecule has 0 unspecified atom stereocenters. The maximum atomic E-state index is 12.8. The summed E-state index contributed by atoms with van der Waals surface area (Å²) in [5.41, 5.74) is 3.25. The summed E-state index contributed by atoms with van der Waals surface area (Å²) in [5, 5.41) is 7.24. The predicted molar refractivity (Wildman–Crippen MR) is 108 cm³/mol. The van der Waals surface area contributed by atoms with Gasteiger partial charge in [-0.2, -0.15) is 18.3 Å². The van der Waals surface area contributed by atoms with Crippen molar-refractivity contribution < 1.29 is 18.0 Å². The number of carbonyl (C=O) groups excluding carboxylic acids is 1. The molecule has 1 heterocycles. The quantitative estimate of drug-likeness (QED) is 0.647. The molecule has 5 nitrogen and oxygen atoms in total. The average Bonchev–Trinajstić information content (AvgIpc) is 3.00. The van der Waals surface area contributed by atoms with E-state index in [0.29, 0.717) is 12.1 Å². The number of aryl methyl sites for hydroxylation is 1. The maximum absolute atomic E-state index is 12.8. The standard InChI is InChI=1S/C22H23F3N4O/c1-15-20(16(2)29(27-15)19-10-5-4-6-11-19)14-28(3)21(30)26-13-17-8-7-9-18(12-17)22(23,24)25/h4-12H,13-14H2,1-3H3,(H,26,30). The van der Waals surface area contributed by atoms with Gasteiger partial charge in [0.15, 0.2) is 0 Å². The molecule has 0 radical (unpaired) electrons. The summed E-state index contributed by atoms with van der Waals surface area (Å²) in [7, 11) is 1.64. The van der Waals surface area contributed by atoms with Crippen molar-refractivity contribution in [2.45, 2.75) is 33.1 Å². The van der Waals surface area contributed by atoms with Crippen molar-refractivity contribution in [2.75, 3.05) is 7.05 Å². The summed E-state index contributed by atoms with van der Waals surface area (Å²) in [5.74, 6) is 0. The van der Waals surface area contributed by atoms with Gasteiger partial charge in [-0.15, -0.1) is 0 Å². The number of alkyl halides is 3. The van der Waals surface area contributed by atoms with Crippen molar-refractivity contribution in [3.05, 3.63) is 82.7 Å². The first-order chi connectivity index (χ1) is 14.2. The number of amides is 2. The van der Waals surface area contributed by atoms with Crippen LogP contribution in [-0.2, 0) is 19.3 Å². The summed E-state index contributed by atoms with van der Waals surface area (Å²) >= 11 is 0. The van der Waals surface area contributed by atoms with E-state index in [-0.39, 0.29) is 12.6 Å². The van der Waals surface area contributed by atoms with Gasteiger partial charge in [-0.1, -0.05) is 30.3 Å². The van der Waals surface area contributed by atoms with E-state index in [1.54, 1.807) is 13.1 Å². The summed E-state index contributed by atoms with van der Waals surface area (Å²) in [4.78, 5) is 14.0. The second-order valence-corrected chi connectivity index (χ2v) is 7.11. The van der Waals surface area contributed by atoms with Crippen molar-refractivity contribution in [1.29, 1.82) is 0 Å². The lowest BCUT2D eigenvalue weighted by molar-refractivity contribution is -0.137. The van der Waals surface area contributed by atoms with Crippen LogP contribution >= 0.6 is 0 Å². The minimum absolute atomic E-state index is 0.00827. The van der Waals surface area contributed by atoms with Gasteiger partial charge in [0.25, 0.3) is 0 Å². The second-order valence-electron chi connectivity index (χ2n) is 7.11. The largest absolute Gasteiger partial charge is 0.416 e. The first kappa shape index (κ1) is 21.4. The van der Waals surface area contributed by atoms with Crippen molar-refractivity contribution >= 4 is 6.03 Å². The Balaban J connectivity index is 1.66. The van der Waals surface area contributed by atoms with Crippen molar-refractivity contribution in [3.8, 4) is 5.69 Å². The zero-order chi connectivity index (χ0) is 21.9. The number of benzene rings is 2. The third kappa shape index (κ3) is 4.82. The van der Waals surface area contributed by atoms with Gasteiger partial charge in [0.05, 0.1) is 23.5 Å². The number of aromatic nitrogens is 2. The summed E-state index contributed by atoms with van der Waals surface area (Å²) in [6.07, 6.45) is -4.41. The molecule has 1 N–H and O–H groups in total. The molecular formula is C22H23F3N4O. The zero-order valence-electron chi connectivity index (χ0n) is 17.0. The molecule has 0 spiro atoms. The average molecular weight is 416 g/mol. The molecule has 3 rings (SSSR count). The van der Waals surface area contributed by atoms with Crippen molar-refractivity contribution in [2.24, 2.45) is 0 Å². The van der Waals surface area contributed by atoms with Gasteiger partial charge >= 0.3 is 12.2 Å². The van der Waals surface area contributed by atoms with E-state index in [9.17, 15) is 18.0 Å². The Morgan fingerprint density at radius 2 is 1.80 bits per heavy atom. The van der Waals surface area contributed by atoms with Crippen LogP contribution in [0, 0.1) is 13.8 Å². The number of hydrogen-bond acceptors (Lipinski definition) is 2. The fourth-order valence-corrected chi connectivity index (χ4v) is 3.20. The lowest BCUT2D eigenvalue weighted by Crippen LogP contribution is -2.36. The summed E-state index contributed by atoms with van der Waals surface area (Å²) < 4.78 is 40.3. The van der Waals surface area contributed by atoms with E-state index in [1.807, 2.05) is 48.9 Å². The molecule has 3 aromatic rings. The molecule has 2 amide bonds. The Labute approximate surface area is 173 Å². The molecule has 0 bridgehead atoms. The predicted octanol–water partition coefficient (Wildman–Crippen LogP) is 4.85. The fourth-order valence-electron chi connectivity index (χ4n) is 3.20. The number of nitrogens with zero attached hydrogens (tertiary/aromatic N) is 3. The molecule has 0 aliphatic carbocycles. The summed E-state index contributed by atoms with van der Waals surface area (Å²) in [6, 6.07) is 14.2. The molecule has 8 heteroatoms. The highest BCUT2D eigenvalue weighted by Gasteiger charge is 2.30. The number of hydrogen-bond donors (Lipinski definition) is 1. The molecule has 0 fully saturated rings. The highest BCUT2D eigenvalue weighted by Crippen LogP contribution is 2.29. The number of nitrogens with one attached hydrogen (secondary N) is 1. The van der Waals surface area contributed by atoms with Crippen LogP contribution in [0.25, 0.3) is 5.69 Å². The number of rotatable bonds is 5. The third-order valence-electron chi connectivity index (χ3n) is 4.88. The highest BCUT2D eigenvalue weighted by molar-refractivity contribution is 5.74. The summed E-state index contributed by atoms with van der Waals surface area (Å²) in [6.45, 7) is 4.17.